The molecule has 0 saturated heterocycles. The normalized spacial score (nSPS) is 14.6. The second kappa shape index (κ2) is 9.41. The van der Waals surface area contributed by atoms with Crippen molar-refractivity contribution in [1.29, 1.82) is 0 Å². The molecule has 154 valence electrons. The highest BCUT2D eigenvalue weighted by Crippen LogP contribution is 2.28. The molecule has 0 radical (unpaired) electrons. The van der Waals surface area contributed by atoms with Gasteiger partial charge in [0.1, 0.15) is 5.69 Å². The Hall–Kier alpha value is -2.70. The maximum Gasteiger partial charge on any atom is 0.294 e. The van der Waals surface area contributed by atoms with Crippen molar-refractivity contribution in [2.75, 3.05) is 0 Å². The average molecular weight is 440 g/mol. The summed E-state index contributed by atoms with van der Waals surface area (Å²) < 4.78 is 2.16. The highest BCUT2D eigenvalue weighted by molar-refractivity contribution is 7.07. The molecule has 0 spiro atoms. The van der Waals surface area contributed by atoms with Crippen LogP contribution in [0, 0.1) is 10.1 Å². The van der Waals surface area contributed by atoms with Crippen molar-refractivity contribution in [3.63, 3.8) is 0 Å². The lowest BCUT2D eigenvalue weighted by Gasteiger charge is -2.14. The molecule has 2 aromatic carbocycles. The van der Waals surface area contributed by atoms with E-state index in [2.05, 4.69) is 21.0 Å². The number of thiazole rings is 1. The quantitative estimate of drug-likeness (QED) is 0.238. The van der Waals surface area contributed by atoms with Crippen LogP contribution in [0.15, 0.2) is 70.6 Å². The molecule has 7 heteroatoms. The van der Waals surface area contributed by atoms with Crippen molar-refractivity contribution >= 4 is 34.3 Å². The number of rotatable bonds is 6. The van der Waals surface area contributed by atoms with Gasteiger partial charge >= 0.3 is 0 Å². The summed E-state index contributed by atoms with van der Waals surface area (Å²) >= 11 is 7.71. The van der Waals surface area contributed by atoms with Crippen LogP contribution in [0.1, 0.15) is 32.1 Å². The van der Waals surface area contributed by atoms with Gasteiger partial charge in [0.2, 0.25) is 0 Å². The summed E-state index contributed by atoms with van der Waals surface area (Å²) in [7, 11) is 0. The Bertz CT molecular complexity index is 1160. The van der Waals surface area contributed by atoms with Crippen LogP contribution in [-0.4, -0.2) is 9.49 Å². The Morgan fingerprint density at radius 1 is 1.17 bits per heavy atom. The Labute approximate surface area is 184 Å². The van der Waals surface area contributed by atoms with Crippen LogP contribution in [0.25, 0.3) is 11.3 Å². The highest BCUT2D eigenvalue weighted by atomic mass is 35.5. The molecular formula is C23H22ClN3O2S. The standard InChI is InChI=1S/C23H22ClN3O2S/c24-19-10-6-9-18(15-19)22-16-30-23(25-20-11-4-5-12-21(20)27(28)29)26(22)14-13-17-7-2-1-3-8-17/h4-7,9-12,15-16H,1-3,8,13-14H2. The van der Waals surface area contributed by atoms with Crippen molar-refractivity contribution < 1.29 is 4.92 Å². The molecule has 1 aliphatic carbocycles. The second-order valence-corrected chi connectivity index (χ2v) is 8.55. The number of nitrogens with zero attached hydrogens (tertiary/aromatic N) is 3. The van der Waals surface area contributed by atoms with E-state index >= 15 is 0 Å². The number of nitro benzene ring substituents is 1. The molecule has 30 heavy (non-hydrogen) atoms. The Kier molecular flexibility index (Phi) is 6.45. The largest absolute Gasteiger partial charge is 0.316 e. The number of halogens is 1. The summed E-state index contributed by atoms with van der Waals surface area (Å²) in [6.45, 7) is 0.774. The average Bonchev–Trinajstić information content (AvgIpc) is 3.15. The van der Waals surface area contributed by atoms with Crippen LogP contribution in [0.5, 0.6) is 0 Å². The molecule has 0 unspecified atom stereocenters. The number of hydrogen-bond acceptors (Lipinski definition) is 4. The molecule has 0 N–H and O–H groups in total. The Morgan fingerprint density at radius 3 is 2.80 bits per heavy atom. The van der Waals surface area contributed by atoms with Crippen molar-refractivity contribution in [2.24, 2.45) is 4.99 Å². The number of hydrogen-bond donors (Lipinski definition) is 0. The van der Waals surface area contributed by atoms with E-state index in [1.54, 1.807) is 18.2 Å². The lowest BCUT2D eigenvalue weighted by Crippen LogP contribution is -2.16. The van der Waals surface area contributed by atoms with Crippen LogP contribution in [0.4, 0.5) is 11.4 Å². The summed E-state index contributed by atoms with van der Waals surface area (Å²) in [5, 5.41) is 14.1. The van der Waals surface area contributed by atoms with Crippen LogP contribution in [-0.2, 0) is 6.54 Å². The molecule has 0 fully saturated rings. The molecular weight excluding hydrogens is 418 g/mol. The zero-order chi connectivity index (χ0) is 20.9. The number of aromatic nitrogens is 1. The minimum absolute atomic E-state index is 0.0109. The monoisotopic (exact) mass is 439 g/mol. The lowest BCUT2D eigenvalue weighted by molar-refractivity contribution is -0.384. The molecule has 1 heterocycles. The number of allylic oxidation sites excluding steroid dienone is 2. The van der Waals surface area contributed by atoms with E-state index in [9.17, 15) is 10.1 Å². The smallest absolute Gasteiger partial charge is 0.294 e. The molecule has 1 aliphatic rings. The van der Waals surface area contributed by atoms with Crippen LogP contribution < -0.4 is 4.80 Å². The summed E-state index contributed by atoms with van der Waals surface area (Å²) in [5.74, 6) is 0. The van der Waals surface area contributed by atoms with Gasteiger partial charge < -0.3 is 4.57 Å². The van der Waals surface area contributed by atoms with Gasteiger partial charge in [0.05, 0.1) is 10.6 Å². The van der Waals surface area contributed by atoms with Gasteiger partial charge in [0.25, 0.3) is 5.69 Å². The molecule has 0 aliphatic heterocycles. The summed E-state index contributed by atoms with van der Waals surface area (Å²) in [5.41, 5.74) is 3.90. The van der Waals surface area contributed by atoms with E-state index < -0.39 is 0 Å². The summed E-state index contributed by atoms with van der Waals surface area (Å²) in [6, 6.07) is 14.4. The molecule has 1 aromatic heterocycles. The third kappa shape index (κ3) is 4.71. The third-order valence-electron chi connectivity index (χ3n) is 5.25. The molecule has 4 rings (SSSR count). The zero-order valence-electron chi connectivity index (χ0n) is 16.5. The van der Waals surface area contributed by atoms with Crippen molar-refractivity contribution in [1.82, 2.24) is 4.57 Å². The van der Waals surface area contributed by atoms with E-state index in [0.29, 0.717) is 10.7 Å². The lowest BCUT2D eigenvalue weighted by atomic mass is 9.97. The fourth-order valence-corrected chi connectivity index (χ4v) is 4.86. The first-order valence-corrected chi connectivity index (χ1v) is 11.3. The minimum atomic E-state index is -0.387. The van der Waals surface area contributed by atoms with Gasteiger partial charge in [0, 0.05) is 28.6 Å². The van der Waals surface area contributed by atoms with Gasteiger partial charge in [-0.1, -0.05) is 47.5 Å². The second-order valence-electron chi connectivity index (χ2n) is 7.28. The van der Waals surface area contributed by atoms with Gasteiger partial charge in [-0.3, -0.25) is 10.1 Å². The van der Waals surface area contributed by atoms with Crippen LogP contribution in [0.2, 0.25) is 5.02 Å². The van der Waals surface area contributed by atoms with E-state index in [1.165, 1.54) is 35.8 Å². The van der Waals surface area contributed by atoms with Crippen molar-refractivity contribution in [2.45, 2.75) is 38.6 Å². The summed E-state index contributed by atoms with van der Waals surface area (Å²) in [4.78, 5) is 16.5. The maximum atomic E-state index is 11.4. The van der Waals surface area contributed by atoms with Crippen molar-refractivity contribution in [3.05, 3.63) is 85.5 Å². The number of nitro groups is 1. The fraction of sp³-hybridized carbons (Fsp3) is 0.261. The Morgan fingerprint density at radius 2 is 2.03 bits per heavy atom. The van der Waals surface area contributed by atoms with Gasteiger partial charge in [-0.15, -0.1) is 11.3 Å². The van der Waals surface area contributed by atoms with E-state index in [4.69, 9.17) is 11.6 Å². The molecule has 0 saturated carbocycles. The number of para-hydroxylation sites is 2. The van der Waals surface area contributed by atoms with E-state index in [-0.39, 0.29) is 10.6 Å². The van der Waals surface area contributed by atoms with Crippen LogP contribution in [0.3, 0.4) is 0 Å². The first kappa shape index (κ1) is 20.6. The maximum absolute atomic E-state index is 11.4. The predicted molar refractivity (Wildman–Crippen MR) is 122 cm³/mol. The molecule has 5 nitrogen and oxygen atoms in total. The first-order chi connectivity index (χ1) is 14.6. The molecule has 0 bridgehead atoms. The zero-order valence-corrected chi connectivity index (χ0v) is 18.0. The SMILES string of the molecule is O=[N+]([O-])c1ccccc1N=c1scc(-c2cccc(Cl)c2)n1CCC1=CCCCC1. The van der Waals surface area contributed by atoms with E-state index in [1.807, 2.05) is 24.3 Å². The van der Waals surface area contributed by atoms with Gasteiger partial charge in [-0.2, -0.15) is 0 Å². The van der Waals surface area contributed by atoms with Crippen molar-refractivity contribution in [3.8, 4) is 11.3 Å². The highest BCUT2D eigenvalue weighted by Gasteiger charge is 2.14. The predicted octanol–water partition coefficient (Wildman–Crippen LogP) is 6.90. The van der Waals surface area contributed by atoms with Gasteiger partial charge in [-0.25, -0.2) is 4.99 Å². The molecule has 0 atom stereocenters. The molecule has 0 amide bonds. The Balaban J connectivity index is 1.78. The third-order valence-corrected chi connectivity index (χ3v) is 6.35. The summed E-state index contributed by atoms with van der Waals surface area (Å²) in [6.07, 6.45) is 8.12. The van der Waals surface area contributed by atoms with Gasteiger partial charge in [-0.05, 0) is 50.3 Å². The molecule has 3 aromatic rings. The minimum Gasteiger partial charge on any atom is -0.316 e. The fourth-order valence-electron chi connectivity index (χ4n) is 3.72. The van der Waals surface area contributed by atoms with Gasteiger partial charge in [0.15, 0.2) is 4.80 Å². The van der Waals surface area contributed by atoms with Crippen LogP contribution >= 0.6 is 22.9 Å². The number of benzene rings is 2. The topological polar surface area (TPSA) is 60.4 Å². The van der Waals surface area contributed by atoms with E-state index in [0.717, 1.165) is 41.9 Å². The first-order valence-electron chi connectivity index (χ1n) is 10.0.